The van der Waals surface area contributed by atoms with Gasteiger partial charge in [-0.25, -0.2) is 8.78 Å². The molecule has 2 unspecified atom stereocenters. The maximum absolute atomic E-state index is 13.3. The average Bonchev–Trinajstić information content (AvgIpc) is 2.92. The molecule has 162 valence electrons. The Bertz CT molecular complexity index is 903. The lowest BCUT2D eigenvalue weighted by Gasteiger charge is -2.27. The second-order valence-electron chi connectivity index (χ2n) is 7.30. The van der Waals surface area contributed by atoms with Crippen LogP contribution in [0.15, 0.2) is 36.5 Å². The summed E-state index contributed by atoms with van der Waals surface area (Å²) in [5, 5.41) is 2.68. The Kier molecular flexibility index (Phi) is 6.95. The highest BCUT2D eigenvalue weighted by molar-refractivity contribution is 6.31. The van der Waals surface area contributed by atoms with E-state index in [4.69, 9.17) is 11.6 Å². The van der Waals surface area contributed by atoms with Crippen molar-refractivity contribution in [1.29, 1.82) is 0 Å². The number of nitrogens with one attached hydrogen (secondary N) is 1. The molecular weight excluding hydrogens is 427 g/mol. The first kappa shape index (κ1) is 22.5. The number of carbonyl (C=O) groups excluding carboxylic acids is 1. The molecule has 1 heterocycles. The monoisotopic (exact) mass is 446 g/mol. The quantitative estimate of drug-likeness (QED) is 0.428. The van der Waals surface area contributed by atoms with Gasteiger partial charge in [0.2, 0.25) is 0 Å². The van der Waals surface area contributed by atoms with Gasteiger partial charge in [-0.05, 0) is 25.0 Å². The number of nitrogens with zero attached hydrogens (tertiary/aromatic N) is 1. The minimum absolute atomic E-state index is 0.121. The van der Waals surface area contributed by atoms with E-state index in [1.165, 1.54) is 24.3 Å². The summed E-state index contributed by atoms with van der Waals surface area (Å²) in [6.45, 7) is 0. The van der Waals surface area contributed by atoms with Gasteiger partial charge >= 0.3 is 6.18 Å². The second-order valence-corrected chi connectivity index (χ2v) is 7.71. The van der Waals surface area contributed by atoms with Gasteiger partial charge in [-0.1, -0.05) is 49.1 Å². The van der Waals surface area contributed by atoms with Gasteiger partial charge < -0.3 is 5.32 Å². The van der Waals surface area contributed by atoms with Gasteiger partial charge in [0.25, 0.3) is 12.3 Å². The van der Waals surface area contributed by atoms with Crippen LogP contribution in [0.5, 0.6) is 0 Å². The van der Waals surface area contributed by atoms with Crippen LogP contribution < -0.4 is 5.32 Å². The lowest BCUT2D eigenvalue weighted by atomic mass is 9.90. The molecule has 2 atom stereocenters. The lowest BCUT2D eigenvalue weighted by molar-refractivity contribution is -0.137. The number of aromatic nitrogens is 1. The highest BCUT2D eigenvalue weighted by Gasteiger charge is 2.34. The van der Waals surface area contributed by atoms with Crippen LogP contribution in [0.3, 0.4) is 0 Å². The Balaban J connectivity index is 1.89. The molecule has 1 fully saturated rings. The number of halogens is 6. The van der Waals surface area contributed by atoms with Crippen molar-refractivity contribution in [3.8, 4) is 0 Å². The fourth-order valence-electron chi connectivity index (χ4n) is 3.82. The maximum atomic E-state index is 13.3. The molecule has 2 aromatic rings. The highest BCUT2D eigenvalue weighted by atomic mass is 35.5. The second kappa shape index (κ2) is 9.29. The summed E-state index contributed by atoms with van der Waals surface area (Å²) < 4.78 is 65.3. The van der Waals surface area contributed by atoms with Gasteiger partial charge in [-0.15, -0.1) is 0 Å². The van der Waals surface area contributed by atoms with Crippen molar-refractivity contribution in [2.24, 2.45) is 0 Å². The number of amides is 1. The van der Waals surface area contributed by atoms with Gasteiger partial charge in [0.05, 0.1) is 16.3 Å². The van der Waals surface area contributed by atoms with Crippen LogP contribution >= 0.6 is 11.6 Å². The van der Waals surface area contributed by atoms with Crippen molar-refractivity contribution < 1.29 is 26.7 Å². The molecule has 1 aliphatic carbocycles. The predicted octanol–water partition coefficient (Wildman–Crippen LogP) is 6.54. The van der Waals surface area contributed by atoms with E-state index in [2.05, 4.69) is 10.3 Å². The molecule has 0 aliphatic heterocycles. The first-order chi connectivity index (χ1) is 14.2. The number of carbonyl (C=O) groups is 1. The molecule has 3 nitrogen and oxygen atoms in total. The van der Waals surface area contributed by atoms with E-state index in [9.17, 15) is 26.7 Å². The molecule has 0 spiro atoms. The van der Waals surface area contributed by atoms with Crippen molar-refractivity contribution in [1.82, 2.24) is 10.3 Å². The van der Waals surface area contributed by atoms with Crippen LogP contribution in [0, 0.1) is 0 Å². The van der Waals surface area contributed by atoms with Crippen LogP contribution in [-0.4, -0.2) is 16.9 Å². The molecule has 1 aliphatic rings. The summed E-state index contributed by atoms with van der Waals surface area (Å²) in [5.74, 6) is -1.06. The summed E-state index contributed by atoms with van der Waals surface area (Å²) in [6.07, 6.45) is -3.05. The van der Waals surface area contributed by atoms with Crippen molar-refractivity contribution in [2.45, 2.75) is 56.7 Å². The molecule has 1 amide bonds. The number of benzene rings is 1. The van der Waals surface area contributed by atoms with E-state index < -0.39 is 36.0 Å². The first-order valence-corrected chi connectivity index (χ1v) is 9.97. The van der Waals surface area contributed by atoms with E-state index >= 15 is 0 Å². The molecule has 0 bridgehead atoms. The minimum atomic E-state index is -4.56. The Hall–Kier alpha value is -2.22. The largest absolute Gasteiger partial charge is 0.417 e. The zero-order valence-corrected chi connectivity index (χ0v) is 16.6. The Labute approximate surface area is 175 Å². The van der Waals surface area contributed by atoms with E-state index in [-0.39, 0.29) is 21.8 Å². The lowest BCUT2D eigenvalue weighted by Crippen LogP contribution is -2.39. The minimum Gasteiger partial charge on any atom is -0.349 e. The number of rotatable bonds is 4. The highest BCUT2D eigenvalue weighted by Crippen LogP contribution is 2.37. The first-order valence-electron chi connectivity index (χ1n) is 9.59. The SMILES string of the molecule is O=C(NC1CCCCCC1c1ncc(C(F)(F)F)cc1Cl)c1ccccc1C(F)F. The molecule has 3 rings (SSSR count). The molecule has 1 saturated carbocycles. The summed E-state index contributed by atoms with van der Waals surface area (Å²) in [5.41, 5.74) is -1.16. The van der Waals surface area contributed by atoms with Crippen LogP contribution in [0.2, 0.25) is 5.02 Å². The summed E-state index contributed by atoms with van der Waals surface area (Å²) in [4.78, 5) is 16.7. The third kappa shape index (κ3) is 5.09. The number of hydrogen-bond donors (Lipinski definition) is 1. The Morgan fingerprint density at radius 3 is 2.50 bits per heavy atom. The molecule has 1 aromatic carbocycles. The number of hydrogen-bond acceptors (Lipinski definition) is 2. The fraction of sp³-hybridized carbons (Fsp3) is 0.429. The molecule has 30 heavy (non-hydrogen) atoms. The van der Waals surface area contributed by atoms with Crippen molar-refractivity contribution >= 4 is 17.5 Å². The standard InChI is InChI=1S/C21H20ClF5N2O/c22-16-10-12(21(25,26)27)11-28-18(16)15-8-2-1-3-9-17(15)29-20(30)14-7-5-4-6-13(14)19(23)24/h4-7,10-11,15,17,19H,1-3,8-9H2,(H,29,30). The molecule has 1 N–H and O–H groups in total. The molecule has 0 saturated heterocycles. The summed E-state index contributed by atoms with van der Waals surface area (Å²) in [6, 6.07) is 5.80. The predicted molar refractivity (Wildman–Crippen MR) is 103 cm³/mol. The van der Waals surface area contributed by atoms with Gasteiger partial charge in [-0.2, -0.15) is 13.2 Å². The van der Waals surface area contributed by atoms with Crippen LogP contribution in [-0.2, 0) is 6.18 Å². The average molecular weight is 447 g/mol. The van der Waals surface area contributed by atoms with E-state index in [1.54, 1.807) is 0 Å². The Morgan fingerprint density at radius 2 is 1.83 bits per heavy atom. The van der Waals surface area contributed by atoms with E-state index in [1.807, 2.05) is 0 Å². The van der Waals surface area contributed by atoms with Gasteiger partial charge in [-0.3, -0.25) is 9.78 Å². The molecule has 0 radical (unpaired) electrons. The van der Waals surface area contributed by atoms with Crippen molar-refractivity contribution in [3.05, 3.63) is 63.9 Å². The topological polar surface area (TPSA) is 42.0 Å². The van der Waals surface area contributed by atoms with Crippen LogP contribution in [0.1, 0.15) is 71.6 Å². The Morgan fingerprint density at radius 1 is 1.13 bits per heavy atom. The van der Waals surface area contributed by atoms with E-state index in [0.717, 1.165) is 31.5 Å². The third-order valence-corrected chi connectivity index (χ3v) is 5.62. The third-order valence-electron chi connectivity index (χ3n) is 5.32. The number of pyridine rings is 1. The van der Waals surface area contributed by atoms with E-state index in [0.29, 0.717) is 12.8 Å². The molecule has 1 aromatic heterocycles. The van der Waals surface area contributed by atoms with Gasteiger partial charge in [0.1, 0.15) is 0 Å². The fourth-order valence-corrected chi connectivity index (χ4v) is 4.13. The maximum Gasteiger partial charge on any atom is 0.417 e. The van der Waals surface area contributed by atoms with Crippen LogP contribution in [0.4, 0.5) is 22.0 Å². The van der Waals surface area contributed by atoms with Crippen molar-refractivity contribution in [3.63, 3.8) is 0 Å². The zero-order valence-electron chi connectivity index (χ0n) is 15.9. The van der Waals surface area contributed by atoms with Gasteiger partial charge in [0, 0.05) is 29.3 Å². The molecule has 9 heteroatoms. The van der Waals surface area contributed by atoms with Gasteiger partial charge in [0.15, 0.2) is 0 Å². The van der Waals surface area contributed by atoms with Crippen LogP contribution in [0.25, 0.3) is 0 Å². The smallest absolute Gasteiger partial charge is 0.349 e. The summed E-state index contributed by atoms with van der Waals surface area (Å²) in [7, 11) is 0. The van der Waals surface area contributed by atoms with Crippen molar-refractivity contribution in [2.75, 3.05) is 0 Å². The normalized spacial score (nSPS) is 20.1. The zero-order chi connectivity index (χ0) is 21.9. The summed E-state index contributed by atoms with van der Waals surface area (Å²) >= 11 is 6.13. The number of alkyl halides is 5. The molecular formula is C21H20ClF5N2O.